The minimum absolute atomic E-state index is 0.0988. The molecule has 1 saturated heterocycles. The summed E-state index contributed by atoms with van der Waals surface area (Å²) in [6.07, 6.45) is 0. The van der Waals surface area contributed by atoms with Crippen molar-refractivity contribution >= 4 is 14.5 Å². The standard InChI is InChI=1S/C12H22N5O4P/c1-9-13-10(14-17(9)8-21-22(19)20)11(18)16-6-5-15(4)12(2,3)7-16/h19-20H,5-8H2,1-4H3. The summed E-state index contributed by atoms with van der Waals surface area (Å²) in [6.45, 7) is 7.72. The van der Waals surface area contributed by atoms with Gasteiger partial charge < -0.3 is 14.7 Å². The molecule has 0 saturated carbocycles. The van der Waals surface area contributed by atoms with E-state index in [2.05, 4.69) is 28.8 Å². The van der Waals surface area contributed by atoms with Crippen LogP contribution in [0.3, 0.4) is 0 Å². The van der Waals surface area contributed by atoms with Gasteiger partial charge in [-0.25, -0.2) is 9.67 Å². The number of carbonyl (C=O) groups excluding carboxylic acids is 1. The molecule has 0 unspecified atom stereocenters. The Kier molecular flexibility index (Phi) is 5.14. The fraction of sp³-hybridized carbons (Fsp3) is 0.750. The van der Waals surface area contributed by atoms with Gasteiger partial charge in [-0.3, -0.25) is 14.2 Å². The van der Waals surface area contributed by atoms with E-state index < -0.39 is 8.60 Å². The molecule has 1 aromatic rings. The van der Waals surface area contributed by atoms with Crippen LogP contribution in [0.4, 0.5) is 0 Å². The van der Waals surface area contributed by atoms with Crippen molar-refractivity contribution in [1.29, 1.82) is 0 Å². The van der Waals surface area contributed by atoms with E-state index in [0.717, 1.165) is 6.54 Å². The van der Waals surface area contributed by atoms with Gasteiger partial charge in [0.2, 0.25) is 5.82 Å². The molecule has 10 heteroatoms. The maximum atomic E-state index is 12.5. The minimum atomic E-state index is -2.46. The van der Waals surface area contributed by atoms with Crippen LogP contribution in [0.5, 0.6) is 0 Å². The molecule has 1 fully saturated rings. The van der Waals surface area contributed by atoms with Gasteiger partial charge >= 0.3 is 8.60 Å². The molecule has 2 rings (SSSR count). The monoisotopic (exact) mass is 331 g/mol. The third-order valence-corrected chi connectivity index (χ3v) is 4.29. The minimum Gasteiger partial charge on any atom is -0.333 e. The molecule has 0 spiro atoms. The van der Waals surface area contributed by atoms with Gasteiger partial charge in [-0.2, -0.15) is 0 Å². The van der Waals surface area contributed by atoms with Crippen molar-refractivity contribution in [3.8, 4) is 0 Å². The van der Waals surface area contributed by atoms with Crippen LogP contribution in [-0.4, -0.2) is 72.5 Å². The van der Waals surface area contributed by atoms with Gasteiger partial charge in [0.15, 0.2) is 0 Å². The van der Waals surface area contributed by atoms with Crippen molar-refractivity contribution in [2.45, 2.75) is 33.0 Å². The Morgan fingerprint density at radius 3 is 2.68 bits per heavy atom. The van der Waals surface area contributed by atoms with Crippen molar-refractivity contribution in [3.05, 3.63) is 11.6 Å². The van der Waals surface area contributed by atoms with Crippen molar-refractivity contribution in [2.24, 2.45) is 0 Å². The first-order chi connectivity index (χ1) is 10.2. The molecule has 124 valence electrons. The van der Waals surface area contributed by atoms with Gasteiger partial charge in [-0.1, -0.05) is 0 Å². The molecule has 0 bridgehead atoms. The fourth-order valence-corrected chi connectivity index (χ4v) is 2.51. The number of amides is 1. The van der Waals surface area contributed by atoms with E-state index in [0.29, 0.717) is 18.9 Å². The second-order valence-electron chi connectivity index (χ2n) is 5.95. The number of aryl methyl sites for hydroxylation is 1. The largest absolute Gasteiger partial charge is 0.333 e. The normalized spacial score (nSPS) is 19.0. The van der Waals surface area contributed by atoms with Crippen LogP contribution < -0.4 is 0 Å². The third kappa shape index (κ3) is 3.80. The second kappa shape index (κ2) is 6.55. The lowest BCUT2D eigenvalue weighted by atomic mass is 10.00. The van der Waals surface area contributed by atoms with E-state index in [1.54, 1.807) is 11.8 Å². The zero-order valence-corrected chi connectivity index (χ0v) is 14.1. The Hall–Kier alpha value is -1.12. The fourth-order valence-electron chi connectivity index (χ4n) is 2.29. The highest BCUT2D eigenvalue weighted by molar-refractivity contribution is 7.39. The summed E-state index contributed by atoms with van der Waals surface area (Å²) in [5.74, 6) is 0.355. The Morgan fingerprint density at radius 1 is 1.41 bits per heavy atom. The number of piperazine rings is 1. The number of carbonyl (C=O) groups is 1. The van der Waals surface area contributed by atoms with E-state index >= 15 is 0 Å². The SMILES string of the molecule is Cc1nc(C(=O)N2CCN(C)C(C)(C)C2)nn1COP(O)O. The quantitative estimate of drug-likeness (QED) is 0.745. The molecule has 1 amide bonds. The van der Waals surface area contributed by atoms with Gasteiger partial charge in [0.1, 0.15) is 12.6 Å². The predicted molar refractivity (Wildman–Crippen MR) is 79.8 cm³/mol. The van der Waals surface area contributed by atoms with Gasteiger partial charge in [0, 0.05) is 25.2 Å². The summed E-state index contributed by atoms with van der Waals surface area (Å²) >= 11 is 0. The van der Waals surface area contributed by atoms with Crippen molar-refractivity contribution < 1.29 is 19.1 Å². The molecule has 0 radical (unpaired) electrons. The Bertz CT molecular complexity index is 548. The van der Waals surface area contributed by atoms with Gasteiger partial charge in [-0.15, -0.1) is 5.10 Å². The van der Waals surface area contributed by atoms with E-state index in [9.17, 15) is 4.79 Å². The van der Waals surface area contributed by atoms with Gasteiger partial charge in [0.25, 0.3) is 5.91 Å². The molecule has 22 heavy (non-hydrogen) atoms. The summed E-state index contributed by atoms with van der Waals surface area (Å²) in [4.78, 5) is 38.2. The average Bonchev–Trinajstić information content (AvgIpc) is 2.80. The predicted octanol–water partition coefficient (Wildman–Crippen LogP) is -0.0617. The number of nitrogens with zero attached hydrogens (tertiary/aromatic N) is 5. The molecule has 1 aliphatic rings. The van der Waals surface area contributed by atoms with Crippen LogP contribution in [-0.2, 0) is 11.3 Å². The second-order valence-corrected chi connectivity index (χ2v) is 6.72. The molecular formula is C12H22N5O4P. The molecular weight excluding hydrogens is 309 g/mol. The highest BCUT2D eigenvalue weighted by Gasteiger charge is 2.34. The number of rotatable bonds is 4. The highest BCUT2D eigenvalue weighted by Crippen LogP contribution is 2.25. The summed E-state index contributed by atoms with van der Waals surface area (Å²) in [5, 5.41) is 4.09. The number of likely N-dealkylation sites (N-methyl/N-ethyl adjacent to an activating group) is 1. The maximum absolute atomic E-state index is 12.5. The Labute approximate surface area is 130 Å². The van der Waals surface area contributed by atoms with Crippen LogP contribution in [0.1, 0.15) is 30.3 Å². The topological polar surface area (TPSA) is 104 Å². The Morgan fingerprint density at radius 2 is 2.09 bits per heavy atom. The molecule has 0 aromatic carbocycles. The first-order valence-electron chi connectivity index (χ1n) is 6.93. The average molecular weight is 331 g/mol. The number of hydrogen-bond donors (Lipinski definition) is 2. The van der Waals surface area contributed by atoms with Crippen molar-refractivity contribution in [3.63, 3.8) is 0 Å². The lowest BCUT2D eigenvalue weighted by Crippen LogP contribution is -2.59. The highest BCUT2D eigenvalue weighted by atomic mass is 31.2. The van der Waals surface area contributed by atoms with Crippen LogP contribution in [0.2, 0.25) is 0 Å². The zero-order valence-electron chi connectivity index (χ0n) is 13.2. The summed E-state index contributed by atoms with van der Waals surface area (Å²) in [6, 6.07) is 0. The van der Waals surface area contributed by atoms with Crippen molar-refractivity contribution in [2.75, 3.05) is 26.7 Å². The van der Waals surface area contributed by atoms with E-state index in [1.807, 2.05) is 7.05 Å². The Balaban J connectivity index is 2.08. The zero-order chi connectivity index (χ0) is 16.5. The molecule has 2 heterocycles. The molecule has 2 N–H and O–H groups in total. The lowest BCUT2D eigenvalue weighted by molar-refractivity contribution is 0.0302. The van der Waals surface area contributed by atoms with E-state index in [1.165, 1.54) is 4.68 Å². The van der Waals surface area contributed by atoms with Crippen LogP contribution in [0, 0.1) is 6.92 Å². The first kappa shape index (κ1) is 17.2. The molecule has 0 atom stereocenters. The number of aromatic nitrogens is 3. The van der Waals surface area contributed by atoms with Crippen LogP contribution in [0.25, 0.3) is 0 Å². The smallest absolute Gasteiger partial charge is 0.328 e. The van der Waals surface area contributed by atoms with Gasteiger partial charge in [0.05, 0.1) is 0 Å². The molecule has 1 aliphatic heterocycles. The lowest BCUT2D eigenvalue weighted by Gasteiger charge is -2.44. The van der Waals surface area contributed by atoms with E-state index in [4.69, 9.17) is 14.3 Å². The maximum Gasteiger partial charge on any atom is 0.328 e. The molecule has 0 aliphatic carbocycles. The van der Waals surface area contributed by atoms with E-state index in [-0.39, 0.29) is 24.0 Å². The number of hydrogen-bond acceptors (Lipinski definition) is 7. The molecule has 9 nitrogen and oxygen atoms in total. The first-order valence-corrected chi connectivity index (χ1v) is 8.10. The summed E-state index contributed by atoms with van der Waals surface area (Å²) < 4.78 is 6.03. The third-order valence-electron chi connectivity index (χ3n) is 3.95. The summed E-state index contributed by atoms with van der Waals surface area (Å²) in [5.41, 5.74) is -0.0990. The summed E-state index contributed by atoms with van der Waals surface area (Å²) in [7, 11) is -0.422. The van der Waals surface area contributed by atoms with Crippen LogP contribution >= 0.6 is 8.60 Å². The van der Waals surface area contributed by atoms with Crippen LogP contribution in [0.15, 0.2) is 0 Å². The van der Waals surface area contributed by atoms with Gasteiger partial charge in [-0.05, 0) is 27.8 Å². The molecule has 1 aromatic heterocycles. The van der Waals surface area contributed by atoms with Crippen molar-refractivity contribution in [1.82, 2.24) is 24.6 Å².